The highest BCUT2D eigenvalue weighted by molar-refractivity contribution is 5.92. The number of hydrogen-bond acceptors (Lipinski definition) is 2. The van der Waals surface area contributed by atoms with Gasteiger partial charge in [0.15, 0.2) is 0 Å². The van der Waals surface area contributed by atoms with Crippen molar-refractivity contribution in [2.24, 2.45) is 0 Å². The summed E-state index contributed by atoms with van der Waals surface area (Å²) in [7, 11) is 0. The van der Waals surface area contributed by atoms with Crippen LogP contribution in [0, 0.1) is 0 Å². The summed E-state index contributed by atoms with van der Waals surface area (Å²) in [5, 5.41) is 2.91. The molecule has 0 saturated heterocycles. The molecule has 112 valence electrons. The Kier molecular flexibility index (Phi) is 3.92. The number of pyridine rings is 1. The van der Waals surface area contributed by atoms with E-state index in [2.05, 4.69) is 24.1 Å². The third-order valence-electron chi connectivity index (χ3n) is 3.62. The van der Waals surface area contributed by atoms with E-state index in [1.807, 2.05) is 59.3 Å². The molecule has 1 aromatic carbocycles. The standard InChI is InChI=1S/C18H19N3O/c1-13(2)14-6-8-15(9-7-14)20-18(22)11-16-12-21-10-4-3-5-17(21)19-16/h3-10,12-13H,11H2,1-2H3,(H,20,22). The van der Waals surface area contributed by atoms with Gasteiger partial charge in [0.1, 0.15) is 5.65 Å². The van der Waals surface area contributed by atoms with Crippen molar-refractivity contribution >= 4 is 17.2 Å². The minimum Gasteiger partial charge on any atom is -0.326 e. The molecule has 3 aromatic rings. The molecule has 1 amide bonds. The summed E-state index contributed by atoms with van der Waals surface area (Å²) in [4.78, 5) is 16.6. The number of amides is 1. The summed E-state index contributed by atoms with van der Waals surface area (Å²) in [6.45, 7) is 4.30. The van der Waals surface area contributed by atoms with E-state index in [1.165, 1.54) is 5.56 Å². The van der Waals surface area contributed by atoms with Crippen molar-refractivity contribution in [3.05, 3.63) is 66.1 Å². The van der Waals surface area contributed by atoms with E-state index in [4.69, 9.17) is 0 Å². The molecule has 0 unspecified atom stereocenters. The SMILES string of the molecule is CC(C)c1ccc(NC(=O)Cc2cn3ccccc3n2)cc1. The molecule has 0 atom stereocenters. The first-order valence-electron chi connectivity index (χ1n) is 7.44. The van der Waals surface area contributed by atoms with Crippen molar-refractivity contribution in [3.8, 4) is 0 Å². The second-order valence-electron chi connectivity index (χ2n) is 5.70. The number of carbonyl (C=O) groups is 1. The lowest BCUT2D eigenvalue weighted by Crippen LogP contribution is -2.14. The molecule has 2 heterocycles. The molecule has 0 aliphatic carbocycles. The molecule has 0 saturated carbocycles. The minimum atomic E-state index is -0.0549. The van der Waals surface area contributed by atoms with Gasteiger partial charge in [-0.25, -0.2) is 4.98 Å². The number of anilines is 1. The fourth-order valence-electron chi connectivity index (χ4n) is 2.39. The molecule has 0 fully saturated rings. The molecular formula is C18H19N3O. The van der Waals surface area contributed by atoms with Crippen LogP contribution in [0.3, 0.4) is 0 Å². The number of carbonyl (C=O) groups excluding carboxylic acids is 1. The van der Waals surface area contributed by atoms with Gasteiger partial charge < -0.3 is 9.72 Å². The second kappa shape index (κ2) is 6.02. The number of rotatable bonds is 4. The summed E-state index contributed by atoms with van der Waals surface area (Å²) in [6, 6.07) is 13.8. The maximum Gasteiger partial charge on any atom is 0.230 e. The van der Waals surface area contributed by atoms with E-state index >= 15 is 0 Å². The number of benzene rings is 1. The Hall–Kier alpha value is -2.62. The summed E-state index contributed by atoms with van der Waals surface area (Å²) < 4.78 is 1.92. The summed E-state index contributed by atoms with van der Waals surface area (Å²) >= 11 is 0. The van der Waals surface area contributed by atoms with Crippen molar-refractivity contribution in [1.82, 2.24) is 9.38 Å². The van der Waals surface area contributed by atoms with Crippen LogP contribution in [0.5, 0.6) is 0 Å². The van der Waals surface area contributed by atoms with Crippen molar-refractivity contribution in [2.45, 2.75) is 26.2 Å². The van der Waals surface area contributed by atoms with E-state index in [9.17, 15) is 4.79 Å². The van der Waals surface area contributed by atoms with E-state index < -0.39 is 0 Å². The van der Waals surface area contributed by atoms with Crippen LogP contribution in [0.15, 0.2) is 54.9 Å². The minimum absolute atomic E-state index is 0.0549. The third-order valence-corrected chi connectivity index (χ3v) is 3.62. The molecule has 0 spiro atoms. The number of hydrogen-bond donors (Lipinski definition) is 1. The van der Waals surface area contributed by atoms with Crippen LogP contribution in [-0.2, 0) is 11.2 Å². The van der Waals surface area contributed by atoms with Gasteiger partial charge in [0.25, 0.3) is 0 Å². The van der Waals surface area contributed by atoms with Crippen LogP contribution in [0.1, 0.15) is 31.0 Å². The van der Waals surface area contributed by atoms with Gasteiger partial charge >= 0.3 is 0 Å². The molecular weight excluding hydrogens is 274 g/mol. The zero-order valence-corrected chi connectivity index (χ0v) is 12.8. The zero-order valence-electron chi connectivity index (χ0n) is 12.8. The topological polar surface area (TPSA) is 46.4 Å². The molecule has 4 heteroatoms. The van der Waals surface area contributed by atoms with Crippen LogP contribution in [0.25, 0.3) is 5.65 Å². The predicted molar refractivity (Wildman–Crippen MR) is 88.1 cm³/mol. The van der Waals surface area contributed by atoms with Gasteiger partial charge in [0.05, 0.1) is 12.1 Å². The third kappa shape index (κ3) is 3.17. The summed E-state index contributed by atoms with van der Waals surface area (Å²) in [5.41, 5.74) is 3.70. The fourth-order valence-corrected chi connectivity index (χ4v) is 2.39. The Balaban J connectivity index is 1.66. The Morgan fingerprint density at radius 2 is 1.95 bits per heavy atom. The van der Waals surface area contributed by atoms with Crippen molar-refractivity contribution in [3.63, 3.8) is 0 Å². The number of imidazole rings is 1. The lowest BCUT2D eigenvalue weighted by Gasteiger charge is -2.07. The largest absolute Gasteiger partial charge is 0.326 e. The van der Waals surface area contributed by atoms with E-state index in [0.717, 1.165) is 17.0 Å². The average Bonchev–Trinajstić information content (AvgIpc) is 2.89. The van der Waals surface area contributed by atoms with E-state index in [1.54, 1.807) is 0 Å². The Labute approximate surface area is 129 Å². The fraction of sp³-hybridized carbons (Fsp3) is 0.222. The summed E-state index contributed by atoms with van der Waals surface area (Å²) in [5.74, 6) is 0.434. The number of aromatic nitrogens is 2. The first-order chi connectivity index (χ1) is 10.6. The van der Waals surface area contributed by atoms with Gasteiger partial charge in [-0.2, -0.15) is 0 Å². The molecule has 0 aliphatic rings. The number of nitrogens with zero attached hydrogens (tertiary/aromatic N) is 2. The highest BCUT2D eigenvalue weighted by Gasteiger charge is 2.08. The van der Waals surface area contributed by atoms with Gasteiger partial charge in [0.2, 0.25) is 5.91 Å². The van der Waals surface area contributed by atoms with Crippen LogP contribution in [0.2, 0.25) is 0 Å². The molecule has 2 aromatic heterocycles. The highest BCUT2D eigenvalue weighted by Crippen LogP contribution is 2.17. The second-order valence-corrected chi connectivity index (χ2v) is 5.70. The molecule has 0 bridgehead atoms. The predicted octanol–water partition coefficient (Wildman–Crippen LogP) is 3.64. The molecule has 3 rings (SSSR count). The van der Waals surface area contributed by atoms with Gasteiger partial charge in [-0.15, -0.1) is 0 Å². The van der Waals surface area contributed by atoms with Crippen LogP contribution >= 0.6 is 0 Å². The lowest BCUT2D eigenvalue weighted by atomic mass is 10.0. The van der Waals surface area contributed by atoms with Gasteiger partial charge in [-0.05, 0) is 35.7 Å². The van der Waals surface area contributed by atoms with Gasteiger partial charge in [0, 0.05) is 18.1 Å². The van der Waals surface area contributed by atoms with Gasteiger partial charge in [-0.1, -0.05) is 32.0 Å². The van der Waals surface area contributed by atoms with E-state index in [-0.39, 0.29) is 12.3 Å². The number of fused-ring (bicyclic) bond motifs is 1. The molecule has 22 heavy (non-hydrogen) atoms. The van der Waals surface area contributed by atoms with Crippen molar-refractivity contribution < 1.29 is 4.79 Å². The van der Waals surface area contributed by atoms with Crippen LogP contribution in [0.4, 0.5) is 5.69 Å². The first kappa shape index (κ1) is 14.3. The maximum absolute atomic E-state index is 12.1. The zero-order chi connectivity index (χ0) is 15.5. The molecule has 0 aliphatic heterocycles. The Morgan fingerprint density at radius 3 is 2.64 bits per heavy atom. The monoisotopic (exact) mass is 293 g/mol. The molecule has 1 N–H and O–H groups in total. The van der Waals surface area contributed by atoms with Crippen molar-refractivity contribution in [2.75, 3.05) is 5.32 Å². The van der Waals surface area contributed by atoms with Crippen LogP contribution < -0.4 is 5.32 Å². The Bertz CT molecular complexity index is 754. The van der Waals surface area contributed by atoms with E-state index in [0.29, 0.717) is 5.92 Å². The van der Waals surface area contributed by atoms with Crippen LogP contribution in [-0.4, -0.2) is 15.3 Å². The molecule has 0 radical (unpaired) electrons. The highest BCUT2D eigenvalue weighted by atomic mass is 16.1. The first-order valence-corrected chi connectivity index (χ1v) is 7.44. The maximum atomic E-state index is 12.1. The van der Waals surface area contributed by atoms with Crippen molar-refractivity contribution in [1.29, 1.82) is 0 Å². The average molecular weight is 293 g/mol. The summed E-state index contributed by atoms with van der Waals surface area (Å²) in [6.07, 6.45) is 4.08. The van der Waals surface area contributed by atoms with Gasteiger partial charge in [-0.3, -0.25) is 4.79 Å². The Morgan fingerprint density at radius 1 is 1.18 bits per heavy atom. The normalized spacial score (nSPS) is 11.0. The number of nitrogens with one attached hydrogen (secondary N) is 1. The molecule has 4 nitrogen and oxygen atoms in total. The smallest absolute Gasteiger partial charge is 0.230 e. The lowest BCUT2D eigenvalue weighted by molar-refractivity contribution is -0.115. The quantitative estimate of drug-likeness (QED) is 0.798.